The molecular weight excluding hydrogens is 428 g/mol. The molecule has 3 aromatic rings. The fourth-order valence-corrected chi connectivity index (χ4v) is 4.00. The van der Waals surface area contributed by atoms with Gasteiger partial charge in [-0.2, -0.15) is 4.98 Å². The highest BCUT2D eigenvalue weighted by atomic mass is 16.5. The number of urea groups is 1. The van der Waals surface area contributed by atoms with Crippen molar-refractivity contribution in [2.45, 2.75) is 44.7 Å². The van der Waals surface area contributed by atoms with E-state index in [0.29, 0.717) is 42.5 Å². The maximum absolute atomic E-state index is 12.5. The molecule has 1 aliphatic carbocycles. The number of carbonyl (C=O) groups excluding carboxylic acids is 1. The van der Waals surface area contributed by atoms with Crippen LogP contribution in [-0.2, 0) is 13.1 Å². The fraction of sp³-hybridized carbons (Fsp3) is 0.476. The number of aliphatic hydroxyl groups is 2. The molecule has 0 radical (unpaired) electrons. The normalized spacial score (nSPS) is 22.6. The van der Waals surface area contributed by atoms with Gasteiger partial charge in [-0.3, -0.25) is 4.68 Å². The minimum atomic E-state index is -1.08. The van der Waals surface area contributed by atoms with Gasteiger partial charge in [-0.15, -0.1) is 5.10 Å². The predicted octanol–water partition coefficient (Wildman–Crippen LogP) is 0.630. The lowest BCUT2D eigenvalue weighted by Gasteiger charge is -2.18. The summed E-state index contributed by atoms with van der Waals surface area (Å²) >= 11 is 0. The second-order valence-electron chi connectivity index (χ2n) is 8.57. The molecule has 1 aliphatic rings. The van der Waals surface area contributed by atoms with Gasteiger partial charge in [0.15, 0.2) is 0 Å². The number of rotatable bonds is 7. The van der Waals surface area contributed by atoms with Crippen LogP contribution in [0.5, 0.6) is 0 Å². The molecule has 4 atom stereocenters. The molecule has 1 aromatic carbocycles. The summed E-state index contributed by atoms with van der Waals surface area (Å²) in [6.45, 7) is 2.75. The summed E-state index contributed by atoms with van der Waals surface area (Å²) in [5.74, 6) is 0.601. The molecule has 0 unspecified atom stereocenters. The highest BCUT2D eigenvalue weighted by molar-refractivity contribution is 5.90. The molecule has 176 valence electrons. The largest absolute Gasteiger partial charge is 0.390 e. The van der Waals surface area contributed by atoms with Crippen LogP contribution in [-0.4, -0.2) is 78.6 Å². The monoisotopic (exact) mass is 456 g/mol. The van der Waals surface area contributed by atoms with Crippen LogP contribution in [0.25, 0.3) is 11.4 Å². The van der Waals surface area contributed by atoms with Crippen LogP contribution < -0.4 is 10.6 Å². The van der Waals surface area contributed by atoms with Crippen molar-refractivity contribution in [2.24, 2.45) is 5.92 Å². The van der Waals surface area contributed by atoms with Crippen molar-refractivity contribution in [1.29, 1.82) is 0 Å². The highest BCUT2D eigenvalue weighted by Crippen LogP contribution is 2.28. The molecular formula is C21H28N8O4. The Morgan fingerprint density at radius 3 is 2.85 bits per heavy atom. The maximum Gasteiger partial charge on any atom is 0.319 e. The van der Waals surface area contributed by atoms with Crippen molar-refractivity contribution < 1.29 is 19.5 Å². The Morgan fingerprint density at radius 2 is 2.12 bits per heavy atom. The first-order valence-corrected chi connectivity index (χ1v) is 10.7. The molecule has 2 amide bonds. The number of aliphatic hydroxyl groups excluding tert-OH is 2. The molecule has 12 heteroatoms. The second kappa shape index (κ2) is 9.65. The van der Waals surface area contributed by atoms with Crippen LogP contribution >= 0.6 is 0 Å². The third-order valence-electron chi connectivity index (χ3n) is 5.51. The third-order valence-corrected chi connectivity index (χ3v) is 5.51. The summed E-state index contributed by atoms with van der Waals surface area (Å²) in [6.07, 6.45) is 0.159. The average molecular weight is 457 g/mol. The molecule has 1 saturated carbocycles. The number of amides is 2. The molecule has 0 aliphatic heterocycles. The van der Waals surface area contributed by atoms with Crippen LogP contribution in [0.3, 0.4) is 0 Å². The summed E-state index contributed by atoms with van der Waals surface area (Å²) in [4.78, 5) is 18.7. The zero-order valence-corrected chi connectivity index (χ0v) is 18.7. The lowest BCUT2D eigenvalue weighted by Crippen LogP contribution is -2.44. The molecule has 33 heavy (non-hydrogen) atoms. The lowest BCUT2D eigenvalue weighted by atomic mass is 10.1. The zero-order chi connectivity index (χ0) is 23.5. The van der Waals surface area contributed by atoms with E-state index in [1.54, 1.807) is 29.8 Å². The summed E-state index contributed by atoms with van der Waals surface area (Å²) in [6, 6.07) is 5.95. The molecule has 0 saturated heterocycles. The first-order valence-electron chi connectivity index (χ1n) is 10.7. The van der Waals surface area contributed by atoms with Gasteiger partial charge in [-0.1, -0.05) is 22.5 Å². The average Bonchev–Trinajstić information content (AvgIpc) is 3.45. The van der Waals surface area contributed by atoms with Gasteiger partial charge in [0.25, 0.3) is 0 Å². The van der Waals surface area contributed by atoms with Crippen LogP contribution in [0.15, 0.2) is 35.0 Å². The number of aromatic nitrogens is 5. The van der Waals surface area contributed by atoms with Crippen LogP contribution in [0.4, 0.5) is 10.5 Å². The van der Waals surface area contributed by atoms with E-state index in [1.807, 2.05) is 31.3 Å². The van der Waals surface area contributed by atoms with E-state index in [0.717, 1.165) is 5.69 Å². The van der Waals surface area contributed by atoms with Gasteiger partial charge in [0.2, 0.25) is 11.7 Å². The molecule has 1 fully saturated rings. The van der Waals surface area contributed by atoms with E-state index < -0.39 is 24.3 Å². The number of carbonyl (C=O) groups is 1. The predicted molar refractivity (Wildman–Crippen MR) is 118 cm³/mol. The quantitative estimate of drug-likeness (QED) is 0.401. The highest BCUT2D eigenvalue weighted by Gasteiger charge is 2.42. The van der Waals surface area contributed by atoms with Gasteiger partial charge < -0.3 is 30.3 Å². The number of aryl methyl sites for hydroxylation is 1. The molecule has 2 aromatic heterocycles. The van der Waals surface area contributed by atoms with Crippen LogP contribution in [0.1, 0.15) is 18.0 Å². The van der Waals surface area contributed by atoms with E-state index in [-0.39, 0.29) is 5.92 Å². The molecule has 4 rings (SSSR count). The maximum atomic E-state index is 12.5. The molecule has 0 bridgehead atoms. The molecule has 4 N–H and O–H groups in total. The Balaban J connectivity index is 1.34. The summed E-state index contributed by atoms with van der Waals surface area (Å²) in [5.41, 5.74) is 2.05. The van der Waals surface area contributed by atoms with Crippen molar-refractivity contribution in [3.63, 3.8) is 0 Å². The number of anilines is 1. The Hall–Kier alpha value is -3.35. The topological polar surface area (TPSA) is 154 Å². The Kier molecular flexibility index (Phi) is 6.67. The molecule has 12 nitrogen and oxygen atoms in total. The first-order chi connectivity index (χ1) is 15.8. The van der Waals surface area contributed by atoms with Crippen molar-refractivity contribution in [1.82, 2.24) is 35.4 Å². The number of hydrogen-bond donors (Lipinski definition) is 4. The van der Waals surface area contributed by atoms with Gasteiger partial charge in [-0.05, 0) is 32.6 Å². The van der Waals surface area contributed by atoms with Crippen molar-refractivity contribution in [2.75, 3.05) is 19.4 Å². The van der Waals surface area contributed by atoms with Gasteiger partial charge >= 0.3 is 6.03 Å². The van der Waals surface area contributed by atoms with Crippen molar-refractivity contribution in [3.05, 3.63) is 42.0 Å². The minimum Gasteiger partial charge on any atom is -0.390 e. The SMILES string of the molecule is Cc1nc(-c2cccc(NC(=O)N[C@@H]3C[C@H](Cn4cc(CN(C)C)nn4)[C@@H](O)[C@H]3O)c2)no1. The Morgan fingerprint density at radius 1 is 1.30 bits per heavy atom. The van der Waals surface area contributed by atoms with Gasteiger partial charge in [-0.25, -0.2) is 4.79 Å². The Labute approximate surface area is 190 Å². The number of nitrogens with one attached hydrogen (secondary N) is 2. The van der Waals surface area contributed by atoms with Crippen molar-refractivity contribution in [3.8, 4) is 11.4 Å². The second-order valence-corrected chi connectivity index (χ2v) is 8.57. The lowest BCUT2D eigenvalue weighted by molar-refractivity contribution is 0.00878. The first kappa shape index (κ1) is 22.8. The molecule has 0 spiro atoms. The van der Waals surface area contributed by atoms with E-state index >= 15 is 0 Å². The van der Waals surface area contributed by atoms with Crippen molar-refractivity contribution >= 4 is 11.7 Å². The minimum absolute atomic E-state index is 0.274. The van der Waals surface area contributed by atoms with E-state index in [4.69, 9.17) is 4.52 Å². The van der Waals surface area contributed by atoms with Gasteiger partial charge in [0, 0.05) is 43.4 Å². The van der Waals surface area contributed by atoms with E-state index in [1.165, 1.54) is 0 Å². The number of benzene rings is 1. The van der Waals surface area contributed by atoms with Gasteiger partial charge in [0.1, 0.15) is 6.10 Å². The summed E-state index contributed by atoms with van der Waals surface area (Å²) in [5, 5.41) is 38.6. The van der Waals surface area contributed by atoms with E-state index in [2.05, 4.69) is 31.1 Å². The number of hydrogen-bond acceptors (Lipinski definition) is 9. The third kappa shape index (κ3) is 5.53. The van der Waals surface area contributed by atoms with Crippen LogP contribution in [0, 0.1) is 12.8 Å². The molecule has 2 heterocycles. The summed E-state index contributed by atoms with van der Waals surface area (Å²) in [7, 11) is 3.89. The Bertz CT molecular complexity index is 1100. The van der Waals surface area contributed by atoms with Gasteiger partial charge in [0.05, 0.1) is 17.8 Å². The smallest absolute Gasteiger partial charge is 0.319 e. The zero-order valence-electron chi connectivity index (χ0n) is 18.7. The van der Waals surface area contributed by atoms with E-state index in [9.17, 15) is 15.0 Å². The van der Waals surface area contributed by atoms with Crippen LogP contribution in [0.2, 0.25) is 0 Å². The fourth-order valence-electron chi connectivity index (χ4n) is 4.00. The number of nitrogens with zero attached hydrogens (tertiary/aromatic N) is 6. The summed E-state index contributed by atoms with van der Waals surface area (Å²) < 4.78 is 6.66. The standard InChI is InChI=1S/C21H28N8O4/c1-12-22-20(26-33-12)13-5-4-6-15(7-13)23-21(32)24-17-8-14(18(30)19(17)31)9-29-11-16(25-27-29)10-28(2)3/h4-7,11,14,17-19,30-31H,8-10H2,1-3H3,(H2,23,24,32)/t14-,17-,18-,19+/m1/s1.